The lowest BCUT2D eigenvalue weighted by Crippen LogP contribution is -2.26. The third-order valence-corrected chi connectivity index (χ3v) is 5.13. The maximum atomic E-state index is 12.4. The van der Waals surface area contributed by atoms with Gasteiger partial charge in [-0.1, -0.05) is 13.8 Å². The fourth-order valence-corrected chi connectivity index (χ4v) is 3.39. The molecule has 0 N–H and O–H groups in total. The van der Waals surface area contributed by atoms with Crippen molar-refractivity contribution in [3.63, 3.8) is 0 Å². The van der Waals surface area contributed by atoms with Crippen molar-refractivity contribution in [2.45, 2.75) is 71.6 Å². The van der Waals surface area contributed by atoms with Gasteiger partial charge in [0.05, 0.1) is 5.92 Å². The van der Waals surface area contributed by atoms with Gasteiger partial charge in [0.2, 0.25) is 0 Å². The summed E-state index contributed by atoms with van der Waals surface area (Å²) < 4.78 is 10.7. The molecule has 148 valence electrons. The highest BCUT2D eigenvalue weighted by atomic mass is 16.5. The quantitative estimate of drug-likeness (QED) is 0.456. The van der Waals surface area contributed by atoms with Gasteiger partial charge < -0.3 is 9.47 Å². The molecule has 1 aromatic carbocycles. The Morgan fingerprint density at radius 2 is 1.48 bits per heavy atom. The maximum absolute atomic E-state index is 12.4. The fourth-order valence-electron chi connectivity index (χ4n) is 3.39. The summed E-state index contributed by atoms with van der Waals surface area (Å²) >= 11 is 0. The number of hydrogen-bond acceptors (Lipinski definition) is 5. The van der Waals surface area contributed by atoms with Gasteiger partial charge in [0, 0.05) is 19.3 Å². The van der Waals surface area contributed by atoms with Crippen LogP contribution in [-0.2, 0) is 14.4 Å². The molecule has 0 radical (unpaired) electrons. The van der Waals surface area contributed by atoms with Crippen molar-refractivity contribution in [3.8, 4) is 11.5 Å². The minimum Gasteiger partial charge on any atom is -0.427 e. The molecule has 0 spiro atoms. The first kappa shape index (κ1) is 21.1. The zero-order valence-corrected chi connectivity index (χ0v) is 16.4. The smallest absolute Gasteiger partial charge is 0.314 e. The molecule has 0 unspecified atom stereocenters. The van der Waals surface area contributed by atoms with Crippen LogP contribution >= 0.6 is 0 Å². The number of benzene rings is 1. The van der Waals surface area contributed by atoms with Crippen LogP contribution in [0.5, 0.6) is 11.5 Å². The minimum absolute atomic E-state index is 0.0785. The highest BCUT2D eigenvalue weighted by Crippen LogP contribution is 2.33. The molecule has 0 aromatic heterocycles. The lowest BCUT2D eigenvalue weighted by molar-refractivity contribution is -0.140. The van der Waals surface area contributed by atoms with E-state index in [1.165, 1.54) is 0 Å². The molecule has 1 aliphatic rings. The summed E-state index contributed by atoms with van der Waals surface area (Å²) in [6, 6.07) is 6.57. The zero-order valence-electron chi connectivity index (χ0n) is 16.4. The second-order valence-corrected chi connectivity index (χ2v) is 7.27. The zero-order chi connectivity index (χ0) is 19.6. The average Bonchev–Trinajstić information content (AvgIpc) is 2.68. The van der Waals surface area contributed by atoms with Crippen molar-refractivity contribution >= 4 is 17.7 Å². The Morgan fingerprint density at radius 1 is 0.889 bits per heavy atom. The summed E-state index contributed by atoms with van der Waals surface area (Å²) in [5, 5.41) is 0. The van der Waals surface area contributed by atoms with Crippen LogP contribution in [0.4, 0.5) is 0 Å². The Morgan fingerprint density at radius 3 is 2.04 bits per heavy atom. The first-order chi connectivity index (χ1) is 13.0. The molecule has 2 rings (SSSR count). The van der Waals surface area contributed by atoms with E-state index in [4.69, 9.17) is 9.47 Å². The lowest BCUT2D eigenvalue weighted by atomic mass is 9.79. The molecule has 1 fully saturated rings. The predicted molar refractivity (Wildman–Crippen MR) is 103 cm³/mol. The number of carbonyl (C=O) groups excluding carboxylic acids is 3. The van der Waals surface area contributed by atoms with Gasteiger partial charge in [0.25, 0.3) is 0 Å². The van der Waals surface area contributed by atoms with Crippen LogP contribution in [0.15, 0.2) is 24.3 Å². The summed E-state index contributed by atoms with van der Waals surface area (Å²) in [5.41, 5.74) is 0. The Kier molecular flexibility index (Phi) is 8.49. The number of esters is 2. The molecule has 5 heteroatoms. The Bertz CT molecular complexity index is 627. The summed E-state index contributed by atoms with van der Waals surface area (Å²) in [7, 11) is 0. The van der Waals surface area contributed by atoms with Crippen molar-refractivity contribution < 1.29 is 23.9 Å². The van der Waals surface area contributed by atoms with Gasteiger partial charge in [-0.2, -0.15) is 0 Å². The maximum Gasteiger partial charge on any atom is 0.314 e. The van der Waals surface area contributed by atoms with Gasteiger partial charge in [-0.05, 0) is 68.7 Å². The molecular weight excluding hydrogens is 344 g/mol. The third kappa shape index (κ3) is 7.16. The number of carbonyl (C=O) groups is 3. The Hall–Kier alpha value is -2.17. The van der Waals surface area contributed by atoms with Crippen LogP contribution < -0.4 is 9.47 Å². The van der Waals surface area contributed by atoms with E-state index in [1.54, 1.807) is 24.3 Å². The lowest BCUT2D eigenvalue weighted by Gasteiger charge is -2.27. The number of ketones is 1. The molecule has 5 nitrogen and oxygen atoms in total. The van der Waals surface area contributed by atoms with E-state index < -0.39 is 0 Å². The van der Waals surface area contributed by atoms with Gasteiger partial charge in [0.1, 0.15) is 17.3 Å². The molecule has 1 saturated carbocycles. The van der Waals surface area contributed by atoms with Crippen LogP contribution in [0.3, 0.4) is 0 Å². The minimum atomic E-state index is -0.264. The first-order valence-electron chi connectivity index (χ1n) is 10.1. The standard InChI is InChI=1S/C22H30O5/c1-3-5-21(24)26-19-12-14-20(15-13-19)27-22(25)17-9-6-16(7-10-17)8-11-18(23)4-2/h12-17H,3-11H2,1-2H3. The van der Waals surface area contributed by atoms with Gasteiger partial charge in [-0.25, -0.2) is 0 Å². The van der Waals surface area contributed by atoms with Gasteiger partial charge >= 0.3 is 11.9 Å². The second kappa shape index (κ2) is 10.9. The van der Waals surface area contributed by atoms with Gasteiger partial charge in [-0.3, -0.25) is 14.4 Å². The molecule has 1 aromatic rings. The van der Waals surface area contributed by atoms with E-state index in [1.807, 2.05) is 13.8 Å². The molecule has 0 saturated heterocycles. The average molecular weight is 374 g/mol. The Labute approximate surface area is 161 Å². The summed E-state index contributed by atoms with van der Waals surface area (Å²) in [6.45, 7) is 3.82. The molecule has 0 bridgehead atoms. The topological polar surface area (TPSA) is 69.7 Å². The fraction of sp³-hybridized carbons (Fsp3) is 0.591. The van der Waals surface area contributed by atoms with Gasteiger partial charge in [-0.15, -0.1) is 0 Å². The van der Waals surface area contributed by atoms with Gasteiger partial charge in [0.15, 0.2) is 0 Å². The van der Waals surface area contributed by atoms with E-state index in [0.717, 1.165) is 38.5 Å². The van der Waals surface area contributed by atoms with Crippen LogP contribution in [0.1, 0.15) is 71.6 Å². The molecule has 27 heavy (non-hydrogen) atoms. The summed E-state index contributed by atoms with van der Waals surface area (Å²) in [5.74, 6) is 1.24. The summed E-state index contributed by atoms with van der Waals surface area (Å²) in [6.07, 6.45) is 6.91. The number of ether oxygens (including phenoxy) is 2. The summed E-state index contributed by atoms with van der Waals surface area (Å²) in [4.78, 5) is 35.3. The normalized spacial score (nSPS) is 19.3. The highest BCUT2D eigenvalue weighted by molar-refractivity contribution is 5.78. The molecule has 0 aliphatic heterocycles. The SMILES string of the molecule is CCCC(=O)Oc1ccc(OC(=O)C2CCC(CCC(=O)CC)CC2)cc1. The van der Waals surface area contributed by atoms with Crippen LogP contribution in [0.25, 0.3) is 0 Å². The number of hydrogen-bond donors (Lipinski definition) is 0. The number of rotatable bonds is 9. The highest BCUT2D eigenvalue weighted by Gasteiger charge is 2.27. The monoisotopic (exact) mass is 374 g/mol. The molecule has 0 heterocycles. The van der Waals surface area contributed by atoms with E-state index >= 15 is 0 Å². The van der Waals surface area contributed by atoms with Crippen LogP contribution in [0, 0.1) is 11.8 Å². The molecule has 0 atom stereocenters. The molecule has 0 amide bonds. The molecule has 1 aliphatic carbocycles. The van der Waals surface area contributed by atoms with Crippen molar-refractivity contribution in [2.24, 2.45) is 11.8 Å². The van der Waals surface area contributed by atoms with Crippen molar-refractivity contribution in [1.29, 1.82) is 0 Å². The van der Waals surface area contributed by atoms with E-state index in [9.17, 15) is 14.4 Å². The van der Waals surface area contributed by atoms with Crippen LogP contribution in [0.2, 0.25) is 0 Å². The van der Waals surface area contributed by atoms with E-state index in [-0.39, 0.29) is 17.9 Å². The first-order valence-corrected chi connectivity index (χ1v) is 10.1. The largest absolute Gasteiger partial charge is 0.427 e. The molecular formula is C22H30O5. The van der Waals surface area contributed by atoms with Crippen molar-refractivity contribution in [1.82, 2.24) is 0 Å². The van der Waals surface area contributed by atoms with E-state index in [2.05, 4.69) is 0 Å². The van der Waals surface area contributed by atoms with Crippen molar-refractivity contribution in [2.75, 3.05) is 0 Å². The second-order valence-electron chi connectivity index (χ2n) is 7.27. The Balaban J connectivity index is 1.75. The van der Waals surface area contributed by atoms with Crippen LogP contribution in [-0.4, -0.2) is 17.7 Å². The predicted octanol–water partition coefficient (Wildman–Crippen LogP) is 4.86. The number of Topliss-reactive ketones (excluding diaryl/α,β-unsaturated/α-hetero) is 1. The third-order valence-electron chi connectivity index (χ3n) is 5.13. The van der Waals surface area contributed by atoms with E-state index in [0.29, 0.717) is 42.5 Å². The van der Waals surface area contributed by atoms with Crippen molar-refractivity contribution in [3.05, 3.63) is 24.3 Å².